The lowest BCUT2D eigenvalue weighted by Gasteiger charge is -2.07. The zero-order valence-electron chi connectivity index (χ0n) is 9.54. The normalized spacial score (nSPS) is 10.4. The number of rotatable bonds is 3. The third-order valence-corrected chi connectivity index (χ3v) is 2.46. The van der Waals surface area contributed by atoms with Gasteiger partial charge in [-0.1, -0.05) is 17.7 Å². The van der Waals surface area contributed by atoms with Crippen LogP contribution in [0.3, 0.4) is 0 Å². The fourth-order valence-electron chi connectivity index (χ4n) is 1.46. The summed E-state index contributed by atoms with van der Waals surface area (Å²) < 4.78 is 25.7. The fraction of sp³-hybridized carbons (Fsp3) is 0.167. The summed E-state index contributed by atoms with van der Waals surface area (Å²) in [5, 5.41) is 3.29. The molecule has 0 aliphatic heterocycles. The summed E-state index contributed by atoms with van der Waals surface area (Å²) in [5.74, 6) is -0.654. The van der Waals surface area contributed by atoms with Crippen molar-refractivity contribution in [3.05, 3.63) is 52.4 Å². The number of anilines is 1. The molecule has 2 aromatic rings. The van der Waals surface area contributed by atoms with E-state index in [9.17, 15) is 8.78 Å². The van der Waals surface area contributed by atoms with Crippen molar-refractivity contribution in [2.45, 2.75) is 13.5 Å². The Hall–Kier alpha value is -1.75. The average molecular weight is 270 g/mol. The number of nitrogens with zero attached hydrogens (tertiary/aromatic N) is 2. The van der Waals surface area contributed by atoms with E-state index in [0.717, 1.165) is 12.1 Å². The minimum atomic E-state index is -0.869. The molecule has 2 rings (SSSR count). The van der Waals surface area contributed by atoms with Crippen LogP contribution in [-0.4, -0.2) is 9.97 Å². The molecule has 18 heavy (non-hydrogen) atoms. The molecule has 94 valence electrons. The quantitative estimate of drug-likeness (QED) is 0.869. The largest absolute Gasteiger partial charge is 0.366 e. The molecule has 0 bridgehead atoms. The molecule has 3 nitrogen and oxygen atoms in total. The number of hydrogen-bond donors (Lipinski definition) is 1. The molecule has 0 atom stereocenters. The van der Waals surface area contributed by atoms with Gasteiger partial charge in [0.2, 0.25) is 0 Å². The van der Waals surface area contributed by atoms with Gasteiger partial charge in [-0.3, -0.25) is 0 Å². The van der Waals surface area contributed by atoms with Gasteiger partial charge in [0.15, 0.2) is 11.6 Å². The summed E-state index contributed by atoms with van der Waals surface area (Å²) in [7, 11) is 0. The third kappa shape index (κ3) is 3.13. The predicted octanol–water partition coefficient (Wildman–Crippen LogP) is 3.33. The Balaban J connectivity index is 2.08. The van der Waals surface area contributed by atoms with Crippen molar-refractivity contribution in [1.29, 1.82) is 0 Å². The highest BCUT2D eigenvalue weighted by atomic mass is 35.5. The summed E-state index contributed by atoms with van der Waals surface area (Å²) in [5.41, 5.74) is 0.612. The van der Waals surface area contributed by atoms with Crippen molar-refractivity contribution in [3.63, 3.8) is 0 Å². The summed E-state index contributed by atoms with van der Waals surface area (Å²) in [4.78, 5) is 8.03. The highest BCUT2D eigenvalue weighted by Crippen LogP contribution is 2.13. The van der Waals surface area contributed by atoms with Crippen molar-refractivity contribution in [2.24, 2.45) is 0 Å². The smallest absolute Gasteiger partial charge is 0.159 e. The van der Waals surface area contributed by atoms with Crippen LogP contribution in [-0.2, 0) is 6.54 Å². The van der Waals surface area contributed by atoms with Gasteiger partial charge in [0.25, 0.3) is 0 Å². The summed E-state index contributed by atoms with van der Waals surface area (Å²) in [6, 6.07) is 5.29. The van der Waals surface area contributed by atoms with Gasteiger partial charge < -0.3 is 5.32 Å². The third-order valence-electron chi connectivity index (χ3n) is 2.26. The van der Waals surface area contributed by atoms with E-state index in [-0.39, 0.29) is 0 Å². The molecule has 1 aromatic heterocycles. The van der Waals surface area contributed by atoms with Gasteiger partial charge in [0.05, 0.1) is 0 Å². The van der Waals surface area contributed by atoms with Gasteiger partial charge in [-0.05, 0) is 24.6 Å². The van der Waals surface area contributed by atoms with Crippen LogP contribution in [0.5, 0.6) is 0 Å². The van der Waals surface area contributed by atoms with Gasteiger partial charge in [0, 0.05) is 12.6 Å². The molecule has 1 aromatic carbocycles. The number of nitrogens with one attached hydrogen (secondary N) is 1. The molecule has 0 aliphatic carbocycles. The van der Waals surface area contributed by atoms with E-state index in [1.54, 1.807) is 13.0 Å². The lowest BCUT2D eigenvalue weighted by atomic mass is 10.2. The maximum absolute atomic E-state index is 13.0. The van der Waals surface area contributed by atoms with E-state index in [1.807, 2.05) is 0 Å². The van der Waals surface area contributed by atoms with E-state index in [0.29, 0.717) is 28.9 Å². The molecule has 0 fully saturated rings. The number of hydrogen-bond acceptors (Lipinski definition) is 3. The summed E-state index contributed by atoms with van der Waals surface area (Å²) >= 11 is 5.78. The molecular weight excluding hydrogens is 260 g/mol. The standard InChI is InChI=1S/C12H10ClF2N3/c1-7-17-11(13)5-12(18-7)16-6-8-2-3-9(14)10(15)4-8/h2-5H,6H2,1H3,(H,16,17,18). The van der Waals surface area contributed by atoms with Crippen LogP contribution < -0.4 is 5.32 Å². The van der Waals surface area contributed by atoms with Crippen molar-refractivity contribution < 1.29 is 8.78 Å². The topological polar surface area (TPSA) is 37.8 Å². The zero-order valence-corrected chi connectivity index (χ0v) is 10.3. The van der Waals surface area contributed by atoms with E-state index < -0.39 is 11.6 Å². The molecule has 0 saturated carbocycles. The Morgan fingerprint density at radius 2 is 1.94 bits per heavy atom. The second-order valence-corrected chi connectivity index (χ2v) is 4.11. The highest BCUT2D eigenvalue weighted by Gasteiger charge is 2.03. The van der Waals surface area contributed by atoms with Crippen LogP contribution in [0.2, 0.25) is 5.15 Å². The second-order valence-electron chi connectivity index (χ2n) is 3.73. The molecule has 0 amide bonds. The van der Waals surface area contributed by atoms with E-state index in [1.165, 1.54) is 6.07 Å². The molecule has 0 aliphatic rings. The maximum atomic E-state index is 13.0. The monoisotopic (exact) mass is 269 g/mol. The maximum Gasteiger partial charge on any atom is 0.159 e. The molecule has 1 heterocycles. The van der Waals surface area contributed by atoms with Gasteiger partial charge in [-0.15, -0.1) is 0 Å². The van der Waals surface area contributed by atoms with E-state index in [2.05, 4.69) is 15.3 Å². The lowest BCUT2D eigenvalue weighted by Crippen LogP contribution is -2.03. The summed E-state index contributed by atoms with van der Waals surface area (Å²) in [6.07, 6.45) is 0. The SMILES string of the molecule is Cc1nc(Cl)cc(NCc2ccc(F)c(F)c2)n1. The Morgan fingerprint density at radius 3 is 2.61 bits per heavy atom. The Labute approximate surface area is 108 Å². The number of aryl methyl sites for hydroxylation is 1. The van der Waals surface area contributed by atoms with E-state index >= 15 is 0 Å². The number of halogens is 3. The first-order chi connectivity index (χ1) is 8.54. The van der Waals surface area contributed by atoms with Crippen LogP contribution in [0.1, 0.15) is 11.4 Å². The molecule has 0 unspecified atom stereocenters. The first-order valence-corrected chi connectivity index (χ1v) is 5.61. The molecule has 1 N–H and O–H groups in total. The van der Waals surface area contributed by atoms with E-state index in [4.69, 9.17) is 11.6 Å². The molecule has 0 spiro atoms. The van der Waals surface area contributed by atoms with Crippen molar-refractivity contribution in [2.75, 3.05) is 5.32 Å². The van der Waals surface area contributed by atoms with Crippen LogP contribution in [0, 0.1) is 18.6 Å². The van der Waals surface area contributed by atoms with Crippen LogP contribution >= 0.6 is 11.6 Å². The summed E-state index contributed by atoms with van der Waals surface area (Å²) in [6.45, 7) is 2.04. The minimum absolute atomic E-state index is 0.323. The van der Waals surface area contributed by atoms with Gasteiger partial charge in [0.1, 0.15) is 16.8 Å². The first-order valence-electron chi connectivity index (χ1n) is 5.23. The van der Waals surface area contributed by atoms with Gasteiger partial charge in [-0.2, -0.15) is 0 Å². The lowest BCUT2D eigenvalue weighted by molar-refractivity contribution is 0.507. The zero-order chi connectivity index (χ0) is 13.1. The Kier molecular flexibility index (Phi) is 3.72. The number of aromatic nitrogens is 2. The van der Waals surface area contributed by atoms with Gasteiger partial charge in [-0.25, -0.2) is 18.7 Å². The van der Waals surface area contributed by atoms with Crippen molar-refractivity contribution in [3.8, 4) is 0 Å². The Bertz CT molecular complexity index is 555. The molecular formula is C12H10ClF2N3. The number of benzene rings is 1. The highest BCUT2D eigenvalue weighted by molar-refractivity contribution is 6.29. The van der Waals surface area contributed by atoms with Crippen LogP contribution in [0.4, 0.5) is 14.6 Å². The fourth-order valence-corrected chi connectivity index (χ4v) is 1.69. The Morgan fingerprint density at radius 1 is 1.17 bits per heavy atom. The predicted molar refractivity (Wildman–Crippen MR) is 65.5 cm³/mol. The van der Waals surface area contributed by atoms with Crippen LogP contribution in [0.15, 0.2) is 24.3 Å². The minimum Gasteiger partial charge on any atom is -0.366 e. The molecule has 0 radical (unpaired) electrons. The second kappa shape index (κ2) is 5.27. The molecule has 6 heteroatoms. The van der Waals surface area contributed by atoms with Gasteiger partial charge >= 0.3 is 0 Å². The van der Waals surface area contributed by atoms with Crippen molar-refractivity contribution >= 4 is 17.4 Å². The average Bonchev–Trinajstić information content (AvgIpc) is 2.29. The van der Waals surface area contributed by atoms with Crippen LogP contribution in [0.25, 0.3) is 0 Å². The molecule has 0 saturated heterocycles. The first kappa shape index (κ1) is 12.7. The van der Waals surface area contributed by atoms with Crippen molar-refractivity contribution in [1.82, 2.24) is 9.97 Å².